The molecule has 0 aromatic carbocycles. The van der Waals surface area contributed by atoms with Crippen molar-refractivity contribution >= 4 is 11.7 Å². The summed E-state index contributed by atoms with van der Waals surface area (Å²) < 4.78 is 5.14. The molecule has 1 spiro atoms. The van der Waals surface area contributed by atoms with E-state index in [-0.39, 0.29) is 11.3 Å². The number of carbonyl (C=O) groups excluding carboxylic acids is 1. The number of methoxy groups -OCH3 is 1. The van der Waals surface area contributed by atoms with Gasteiger partial charge in [-0.15, -0.1) is 0 Å². The number of piperidine rings is 2. The summed E-state index contributed by atoms with van der Waals surface area (Å²) in [7, 11) is 1.67. The van der Waals surface area contributed by atoms with E-state index in [4.69, 9.17) is 10.00 Å². The fourth-order valence-electron chi connectivity index (χ4n) is 3.91. The lowest BCUT2D eigenvalue weighted by atomic mass is 9.73. The van der Waals surface area contributed by atoms with Gasteiger partial charge in [-0.25, -0.2) is 4.98 Å². The summed E-state index contributed by atoms with van der Waals surface area (Å²) in [6, 6.07) is 7.70. The van der Waals surface area contributed by atoms with E-state index < -0.39 is 0 Å². The Hall–Kier alpha value is -2.13. The van der Waals surface area contributed by atoms with E-state index in [2.05, 4.69) is 16.0 Å². The highest BCUT2D eigenvalue weighted by Gasteiger charge is 2.41. The Bertz CT molecular complexity index is 642. The van der Waals surface area contributed by atoms with Crippen LogP contribution >= 0.6 is 0 Å². The van der Waals surface area contributed by atoms with Gasteiger partial charge in [0.15, 0.2) is 0 Å². The minimum atomic E-state index is 0.129. The van der Waals surface area contributed by atoms with Crippen LogP contribution < -0.4 is 4.90 Å². The van der Waals surface area contributed by atoms with Gasteiger partial charge in [0, 0.05) is 45.1 Å². The second-order valence-corrected chi connectivity index (χ2v) is 6.83. The quantitative estimate of drug-likeness (QED) is 0.843. The number of hydrogen-bond acceptors (Lipinski definition) is 5. The number of rotatable bonds is 4. The summed E-state index contributed by atoms with van der Waals surface area (Å²) in [5.41, 5.74) is 0.581. The van der Waals surface area contributed by atoms with Gasteiger partial charge in [-0.1, -0.05) is 6.07 Å². The molecule has 2 aliphatic heterocycles. The maximum absolute atomic E-state index is 12.2. The molecule has 0 saturated carbocycles. The molecular weight excluding hydrogens is 304 g/mol. The highest BCUT2D eigenvalue weighted by Crippen LogP contribution is 2.39. The Morgan fingerprint density at radius 2 is 2.25 bits per heavy atom. The zero-order valence-corrected chi connectivity index (χ0v) is 14.2. The first-order valence-electron chi connectivity index (χ1n) is 8.55. The van der Waals surface area contributed by atoms with Crippen molar-refractivity contribution in [1.82, 2.24) is 9.88 Å². The molecule has 0 N–H and O–H groups in total. The van der Waals surface area contributed by atoms with Crippen molar-refractivity contribution in [2.24, 2.45) is 5.41 Å². The number of carbonyl (C=O) groups is 1. The first-order chi connectivity index (χ1) is 11.7. The predicted octanol–water partition coefficient (Wildman–Crippen LogP) is 1.81. The monoisotopic (exact) mass is 328 g/mol. The van der Waals surface area contributed by atoms with E-state index in [0.717, 1.165) is 44.7 Å². The highest BCUT2D eigenvalue weighted by molar-refractivity contribution is 5.77. The van der Waals surface area contributed by atoms with Gasteiger partial charge in [-0.05, 0) is 31.4 Å². The van der Waals surface area contributed by atoms with Gasteiger partial charge in [-0.3, -0.25) is 4.79 Å². The molecule has 1 aromatic rings. The molecule has 1 atom stereocenters. The molecule has 3 rings (SSSR count). The number of amides is 1. The van der Waals surface area contributed by atoms with Gasteiger partial charge in [0.1, 0.15) is 17.6 Å². The number of aromatic nitrogens is 1. The number of likely N-dealkylation sites (tertiary alicyclic amines) is 1. The van der Waals surface area contributed by atoms with Gasteiger partial charge < -0.3 is 14.5 Å². The third-order valence-electron chi connectivity index (χ3n) is 5.15. The van der Waals surface area contributed by atoms with Crippen LogP contribution in [0.5, 0.6) is 0 Å². The SMILES string of the molecule is COCCN1C[C@@]2(CCCN(c3cccc(C#N)n3)C2)CCC1=O. The number of anilines is 1. The molecule has 0 unspecified atom stereocenters. The molecule has 128 valence electrons. The Kier molecular flexibility index (Phi) is 5.00. The third-order valence-corrected chi connectivity index (χ3v) is 5.15. The van der Waals surface area contributed by atoms with Crippen LogP contribution in [0.2, 0.25) is 0 Å². The number of ether oxygens (including phenoxy) is 1. The Labute approximate surface area is 143 Å². The first-order valence-corrected chi connectivity index (χ1v) is 8.55. The van der Waals surface area contributed by atoms with Crippen LogP contribution in [0, 0.1) is 16.7 Å². The minimum Gasteiger partial charge on any atom is -0.383 e. The summed E-state index contributed by atoms with van der Waals surface area (Å²) in [5.74, 6) is 1.10. The van der Waals surface area contributed by atoms with Crippen LogP contribution in [0.1, 0.15) is 31.4 Å². The molecule has 0 bridgehead atoms. The smallest absolute Gasteiger partial charge is 0.222 e. The molecule has 6 nitrogen and oxygen atoms in total. The lowest BCUT2D eigenvalue weighted by molar-refractivity contribution is -0.138. The molecule has 3 heterocycles. The topological polar surface area (TPSA) is 69.5 Å². The number of nitriles is 1. The van der Waals surface area contributed by atoms with Crippen LogP contribution in [-0.4, -0.2) is 55.7 Å². The fourth-order valence-corrected chi connectivity index (χ4v) is 3.91. The Morgan fingerprint density at radius 3 is 3.04 bits per heavy atom. The second kappa shape index (κ2) is 7.18. The third kappa shape index (κ3) is 3.51. The van der Waals surface area contributed by atoms with Gasteiger partial charge in [-0.2, -0.15) is 5.26 Å². The molecule has 2 aliphatic rings. The summed E-state index contributed by atoms with van der Waals surface area (Å²) in [5, 5.41) is 9.06. The van der Waals surface area contributed by atoms with Crippen molar-refractivity contribution in [3.63, 3.8) is 0 Å². The van der Waals surface area contributed by atoms with Crippen molar-refractivity contribution < 1.29 is 9.53 Å². The van der Waals surface area contributed by atoms with E-state index in [1.165, 1.54) is 0 Å². The fraction of sp³-hybridized carbons (Fsp3) is 0.611. The van der Waals surface area contributed by atoms with Gasteiger partial charge in [0.2, 0.25) is 5.91 Å². The van der Waals surface area contributed by atoms with Gasteiger partial charge >= 0.3 is 0 Å². The molecule has 1 amide bonds. The lowest BCUT2D eigenvalue weighted by Gasteiger charge is -2.48. The molecule has 2 saturated heterocycles. The average molecular weight is 328 g/mol. The molecular formula is C18H24N4O2. The van der Waals surface area contributed by atoms with E-state index >= 15 is 0 Å². The van der Waals surface area contributed by atoms with Crippen molar-refractivity contribution in [3.05, 3.63) is 23.9 Å². The Morgan fingerprint density at radius 1 is 1.38 bits per heavy atom. The van der Waals surface area contributed by atoms with Crippen LogP contribution in [-0.2, 0) is 9.53 Å². The van der Waals surface area contributed by atoms with Crippen LogP contribution in [0.25, 0.3) is 0 Å². The predicted molar refractivity (Wildman–Crippen MR) is 90.5 cm³/mol. The second-order valence-electron chi connectivity index (χ2n) is 6.83. The number of hydrogen-bond donors (Lipinski definition) is 0. The standard InChI is InChI=1S/C18H24N4O2/c1-24-11-10-22-14-18(8-6-17(22)23)7-3-9-21(13-18)16-5-2-4-15(12-19)20-16/h2,4-5H,3,6-11,13-14H2,1H3/t18-/m0/s1. The number of nitrogens with zero attached hydrogens (tertiary/aromatic N) is 4. The van der Waals surface area contributed by atoms with Crippen LogP contribution in [0.3, 0.4) is 0 Å². The van der Waals surface area contributed by atoms with E-state index in [1.54, 1.807) is 13.2 Å². The normalized spacial score (nSPS) is 24.2. The van der Waals surface area contributed by atoms with Crippen molar-refractivity contribution in [1.29, 1.82) is 5.26 Å². The summed E-state index contributed by atoms with van der Waals surface area (Å²) in [6.07, 6.45) is 3.77. The van der Waals surface area contributed by atoms with Gasteiger partial charge in [0.25, 0.3) is 0 Å². The molecule has 6 heteroatoms. The minimum absolute atomic E-state index is 0.129. The van der Waals surface area contributed by atoms with Gasteiger partial charge in [0.05, 0.1) is 6.61 Å². The molecule has 24 heavy (non-hydrogen) atoms. The van der Waals surface area contributed by atoms with E-state index in [0.29, 0.717) is 25.3 Å². The molecule has 0 radical (unpaired) electrons. The lowest BCUT2D eigenvalue weighted by Crippen LogP contribution is -2.54. The van der Waals surface area contributed by atoms with E-state index in [9.17, 15) is 4.79 Å². The Balaban J connectivity index is 1.74. The maximum Gasteiger partial charge on any atom is 0.222 e. The van der Waals surface area contributed by atoms with Crippen LogP contribution in [0.15, 0.2) is 18.2 Å². The van der Waals surface area contributed by atoms with E-state index in [1.807, 2.05) is 17.0 Å². The molecule has 1 aromatic heterocycles. The number of pyridine rings is 1. The first kappa shape index (κ1) is 16.7. The zero-order valence-electron chi connectivity index (χ0n) is 14.2. The van der Waals surface area contributed by atoms with Crippen molar-refractivity contribution in [2.75, 3.05) is 44.8 Å². The summed E-state index contributed by atoms with van der Waals surface area (Å²) in [4.78, 5) is 20.8. The maximum atomic E-state index is 12.2. The average Bonchev–Trinajstić information content (AvgIpc) is 2.63. The van der Waals surface area contributed by atoms with Crippen molar-refractivity contribution in [2.45, 2.75) is 25.7 Å². The molecule has 2 fully saturated rings. The summed E-state index contributed by atoms with van der Waals surface area (Å²) >= 11 is 0. The van der Waals surface area contributed by atoms with Crippen LogP contribution in [0.4, 0.5) is 5.82 Å². The van der Waals surface area contributed by atoms with Crippen molar-refractivity contribution in [3.8, 4) is 6.07 Å². The summed E-state index contributed by atoms with van der Waals surface area (Å²) in [6.45, 7) is 3.89. The molecule has 0 aliphatic carbocycles. The zero-order chi connectivity index (χ0) is 17.0. The highest BCUT2D eigenvalue weighted by atomic mass is 16.5. The largest absolute Gasteiger partial charge is 0.383 e.